The first kappa shape index (κ1) is 11.9. The van der Waals surface area contributed by atoms with Gasteiger partial charge in [0.25, 0.3) is 0 Å². The molecule has 1 unspecified atom stereocenters. The van der Waals surface area contributed by atoms with Gasteiger partial charge in [-0.05, 0) is 18.1 Å². The standard InChI is InChI=1S/C11H15F2NO/c1-7(2)10(14)6-15-11-4-3-8(12)5-9(11)13/h3-5,7,10H,6,14H2,1-2H3. The van der Waals surface area contributed by atoms with Gasteiger partial charge in [0.15, 0.2) is 11.6 Å². The van der Waals surface area contributed by atoms with E-state index >= 15 is 0 Å². The van der Waals surface area contributed by atoms with E-state index in [-0.39, 0.29) is 24.3 Å². The average molecular weight is 215 g/mol. The van der Waals surface area contributed by atoms with Crippen molar-refractivity contribution in [1.29, 1.82) is 0 Å². The van der Waals surface area contributed by atoms with E-state index in [1.807, 2.05) is 13.8 Å². The van der Waals surface area contributed by atoms with E-state index in [2.05, 4.69) is 0 Å². The van der Waals surface area contributed by atoms with Crippen molar-refractivity contribution in [1.82, 2.24) is 0 Å². The number of ether oxygens (including phenoxy) is 1. The molecular weight excluding hydrogens is 200 g/mol. The van der Waals surface area contributed by atoms with Gasteiger partial charge in [0, 0.05) is 12.1 Å². The summed E-state index contributed by atoms with van der Waals surface area (Å²) in [5, 5.41) is 0. The van der Waals surface area contributed by atoms with Gasteiger partial charge in [-0.2, -0.15) is 0 Å². The molecule has 0 aliphatic heterocycles. The van der Waals surface area contributed by atoms with E-state index < -0.39 is 11.6 Å². The second kappa shape index (κ2) is 5.07. The zero-order valence-corrected chi connectivity index (χ0v) is 8.84. The molecule has 84 valence electrons. The smallest absolute Gasteiger partial charge is 0.167 e. The maximum atomic E-state index is 13.1. The third-order valence-electron chi connectivity index (χ3n) is 2.18. The summed E-state index contributed by atoms with van der Waals surface area (Å²) in [6, 6.07) is 3.04. The first-order valence-electron chi connectivity index (χ1n) is 4.84. The number of nitrogens with two attached hydrogens (primary N) is 1. The lowest BCUT2D eigenvalue weighted by Crippen LogP contribution is -2.33. The second-order valence-corrected chi connectivity index (χ2v) is 3.79. The fourth-order valence-electron chi connectivity index (χ4n) is 0.971. The molecule has 2 N–H and O–H groups in total. The molecule has 1 aromatic rings. The highest BCUT2D eigenvalue weighted by molar-refractivity contribution is 5.24. The molecule has 0 radical (unpaired) electrons. The Morgan fingerprint density at radius 3 is 2.53 bits per heavy atom. The molecular formula is C11H15F2NO. The maximum absolute atomic E-state index is 13.1. The summed E-state index contributed by atoms with van der Waals surface area (Å²) < 4.78 is 30.8. The highest BCUT2D eigenvalue weighted by Crippen LogP contribution is 2.17. The van der Waals surface area contributed by atoms with Crippen molar-refractivity contribution >= 4 is 0 Å². The minimum atomic E-state index is -0.703. The molecule has 1 rings (SSSR count). The zero-order chi connectivity index (χ0) is 11.4. The number of hydrogen-bond donors (Lipinski definition) is 1. The van der Waals surface area contributed by atoms with Crippen molar-refractivity contribution in [3.63, 3.8) is 0 Å². The van der Waals surface area contributed by atoms with Crippen molar-refractivity contribution < 1.29 is 13.5 Å². The van der Waals surface area contributed by atoms with Crippen LogP contribution in [0.1, 0.15) is 13.8 Å². The SMILES string of the molecule is CC(C)C(N)COc1ccc(F)cc1F. The molecule has 1 atom stereocenters. The van der Waals surface area contributed by atoms with E-state index in [0.717, 1.165) is 12.1 Å². The fourth-order valence-corrected chi connectivity index (χ4v) is 0.971. The Labute approximate surface area is 88.0 Å². The van der Waals surface area contributed by atoms with Crippen LogP contribution in [0.4, 0.5) is 8.78 Å². The third-order valence-corrected chi connectivity index (χ3v) is 2.18. The van der Waals surface area contributed by atoms with Crippen LogP contribution in [-0.4, -0.2) is 12.6 Å². The monoisotopic (exact) mass is 215 g/mol. The van der Waals surface area contributed by atoms with Gasteiger partial charge in [-0.15, -0.1) is 0 Å². The van der Waals surface area contributed by atoms with Gasteiger partial charge in [-0.3, -0.25) is 0 Å². The molecule has 0 bridgehead atoms. The first-order chi connectivity index (χ1) is 7.00. The largest absolute Gasteiger partial charge is 0.489 e. The van der Waals surface area contributed by atoms with Crippen molar-refractivity contribution in [3.05, 3.63) is 29.8 Å². The Morgan fingerprint density at radius 1 is 1.33 bits per heavy atom. The minimum Gasteiger partial charge on any atom is -0.489 e. The fraction of sp³-hybridized carbons (Fsp3) is 0.455. The number of benzene rings is 1. The van der Waals surface area contributed by atoms with Gasteiger partial charge in [-0.25, -0.2) is 8.78 Å². The summed E-state index contributed by atoms with van der Waals surface area (Å²) in [5.41, 5.74) is 5.72. The van der Waals surface area contributed by atoms with Crippen LogP contribution in [-0.2, 0) is 0 Å². The number of halogens is 2. The molecule has 0 aromatic heterocycles. The molecule has 0 heterocycles. The zero-order valence-electron chi connectivity index (χ0n) is 8.84. The molecule has 15 heavy (non-hydrogen) atoms. The molecule has 4 heteroatoms. The van der Waals surface area contributed by atoms with Crippen LogP contribution in [0, 0.1) is 17.6 Å². The summed E-state index contributed by atoms with van der Waals surface area (Å²) in [7, 11) is 0. The lowest BCUT2D eigenvalue weighted by atomic mass is 10.1. The Hall–Kier alpha value is -1.16. The summed E-state index contributed by atoms with van der Waals surface area (Å²) in [5.74, 6) is -1.03. The second-order valence-electron chi connectivity index (χ2n) is 3.79. The van der Waals surface area contributed by atoms with Crippen LogP contribution >= 0.6 is 0 Å². The van der Waals surface area contributed by atoms with E-state index in [4.69, 9.17) is 10.5 Å². The van der Waals surface area contributed by atoms with Crippen LogP contribution in [0.3, 0.4) is 0 Å². The summed E-state index contributed by atoms with van der Waals surface area (Å²) in [6.07, 6.45) is 0. The molecule has 0 saturated carbocycles. The van der Waals surface area contributed by atoms with Gasteiger partial charge in [0.05, 0.1) is 0 Å². The van der Waals surface area contributed by atoms with Crippen molar-refractivity contribution in [2.75, 3.05) is 6.61 Å². The quantitative estimate of drug-likeness (QED) is 0.836. The van der Waals surface area contributed by atoms with Crippen LogP contribution < -0.4 is 10.5 Å². The van der Waals surface area contributed by atoms with Crippen molar-refractivity contribution in [2.24, 2.45) is 11.7 Å². The predicted octanol–water partition coefficient (Wildman–Crippen LogP) is 2.33. The van der Waals surface area contributed by atoms with Gasteiger partial charge >= 0.3 is 0 Å². The summed E-state index contributed by atoms with van der Waals surface area (Å²) in [4.78, 5) is 0. The Kier molecular flexibility index (Phi) is 4.03. The number of rotatable bonds is 4. The van der Waals surface area contributed by atoms with Crippen LogP contribution in [0.5, 0.6) is 5.75 Å². The Bertz CT molecular complexity index is 328. The van der Waals surface area contributed by atoms with Crippen LogP contribution in [0.25, 0.3) is 0 Å². The third kappa shape index (κ3) is 3.47. The van der Waals surface area contributed by atoms with Gasteiger partial charge in [-0.1, -0.05) is 13.8 Å². The van der Waals surface area contributed by atoms with Crippen LogP contribution in [0.2, 0.25) is 0 Å². The van der Waals surface area contributed by atoms with Gasteiger partial charge in [0.1, 0.15) is 12.4 Å². The number of hydrogen-bond acceptors (Lipinski definition) is 2. The lowest BCUT2D eigenvalue weighted by molar-refractivity contribution is 0.249. The molecule has 0 aliphatic carbocycles. The molecule has 0 aliphatic rings. The molecule has 0 saturated heterocycles. The van der Waals surface area contributed by atoms with Gasteiger partial charge < -0.3 is 10.5 Å². The highest BCUT2D eigenvalue weighted by atomic mass is 19.1. The van der Waals surface area contributed by atoms with Gasteiger partial charge in [0.2, 0.25) is 0 Å². The predicted molar refractivity (Wildman–Crippen MR) is 54.7 cm³/mol. The van der Waals surface area contributed by atoms with E-state index in [9.17, 15) is 8.78 Å². The van der Waals surface area contributed by atoms with E-state index in [1.165, 1.54) is 6.07 Å². The minimum absolute atomic E-state index is 0.0347. The summed E-state index contributed by atoms with van der Waals surface area (Å²) in [6.45, 7) is 4.13. The van der Waals surface area contributed by atoms with E-state index in [0.29, 0.717) is 0 Å². The topological polar surface area (TPSA) is 35.2 Å². The Balaban J connectivity index is 2.58. The Morgan fingerprint density at radius 2 is 2.00 bits per heavy atom. The average Bonchev–Trinajstić information content (AvgIpc) is 2.15. The van der Waals surface area contributed by atoms with Crippen molar-refractivity contribution in [2.45, 2.75) is 19.9 Å². The van der Waals surface area contributed by atoms with E-state index in [1.54, 1.807) is 0 Å². The molecule has 0 fully saturated rings. The summed E-state index contributed by atoms with van der Waals surface area (Å²) >= 11 is 0. The lowest BCUT2D eigenvalue weighted by Gasteiger charge is -2.16. The highest BCUT2D eigenvalue weighted by Gasteiger charge is 2.10. The first-order valence-corrected chi connectivity index (χ1v) is 4.84. The molecule has 1 aromatic carbocycles. The molecule has 2 nitrogen and oxygen atoms in total. The normalized spacial score (nSPS) is 12.9. The van der Waals surface area contributed by atoms with Crippen LogP contribution in [0.15, 0.2) is 18.2 Å². The molecule has 0 spiro atoms. The maximum Gasteiger partial charge on any atom is 0.167 e. The van der Waals surface area contributed by atoms with Crippen molar-refractivity contribution in [3.8, 4) is 5.75 Å². The molecule has 0 amide bonds.